The third-order valence-corrected chi connectivity index (χ3v) is 8.85. The Balaban J connectivity index is 0.000000233. The molecule has 3 atom stereocenters. The maximum absolute atomic E-state index is 13.0. The minimum absolute atomic E-state index is 0.00694. The molecule has 16 heteroatoms. The summed E-state index contributed by atoms with van der Waals surface area (Å²) in [5.74, 6) is 0.868. The summed E-state index contributed by atoms with van der Waals surface area (Å²) in [4.78, 5) is 54.9. The van der Waals surface area contributed by atoms with Crippen LogP contribution in [-0.2, 0) is 9.47 Å². The molecular formula is C36H46N4O12. The third-order valence-electron chi connectivity index (χ3n) is 8.85. The standard InChI is InChI=1S/C18H22N2O6.C18H24N2O6/c1-4-8-26-18(23)20-13-10-15(25-3)14(24-2)9-11(13)16(21)19-7-5-6-12(19)17(20)22;1-4-8-26-18(23)19-14-10-16(25-3)15(24-2)9-13(14)17(22)20-7-5-6-12(20)11-21/h4,9-10,12,17,22H,1,5-8H2,2-3H3;4,9-10,12,21H,1,5-8,11H2,2-3H3,(H,19,23)/t12-,17-;12-/m00/s1. The van der Waals surface area contributed by atoms with E-state index in [2.05, 4.69) is 18.5 Å². The van der Waals surface area contributed by atoms with Crippen molar-refractivity contribution in [2.45, 2.75) is 44.0 Å². The quantitative estimate of drug-likeness (QED) is 0.285. The van der Waals surface area contributed by atoms with Crippen LogP contribution >= 0.6 is 0 Å². The number of aliphatic hydroxyl groups excluding tert-OH is 2. The number of benzene rings is 2. The van der Waals surface area contributed by atoms with Crippen molar-refractivity contribution in [3.63, 3.8) is 0 Å². The minimum atomic E-state index is -1.22. The molecule has 0 bridgehead atoms. The fourth-order valence-electron chi connectivity index (χ4n) is 6.36. The molecule has 0 radical (unpaired) electrons. The van der Waals surface area contributed by atoms with Crippen LogP contribution in [0.5, 0.6) is 23.0 Å². The molecular weight excluding hydrogens is 680 g/mol. The fourth-order valence-corrected chi connectivity index (χ4v) is 6.36. The highest BCUT2D eigenvalue weighted by Gasteiger charge is 2.45. The van der Waals surface area contributed by atoms with Gasteiger partial charge in [-0.2, -0.15) is 0 Å². The lowest BCUT2D eigenvalue weighted by Gasteiger charge is -2.31. The molecule has 0 saturated carbocycles. The van der Waals surface area contributed by atoms with Crippen LogP contribution in [0.1, 0.15) is 46.4 Å². The van der Waals surface area contributed by atoms with E-state index < -0.39 is 24.5 Å². The van der Waals surface area contributed by atoms with E-state index in [-0.39, 0.29) is 60.2 Å². The van der Waals surface area contributed by atoms with Gasteiger partial charge in [0.25, 0.3) is 11.8 Å². The molecule has 2 saturated heterocycles. The summed E-state index contributed by atoms with van der Waals surface area (Å²) >= 11 is 0. The Morgan fingerprint density at radius 2 is 1.46 bits per heavy atom. The number of likely N-dealkylation sites (tertiary alicyclic amines) is 1. The Kier molecular flexibility index (Phi) is 13.7. The predicted molar refractivity (Wildman–Crippen MR) is 189 cm³/mol. The number of fused-ring (bicyclic) bond motifs is 2. The van der Waals surface area contributed by atoms with E-state index in [4.69, 9.17) is 28.4 Å². The number of amides is 4. The number of ether oxygens (including phenoxy) is 6. The predicted octanol–water partition coefficient (Wildman–Crippen LogP) is 3.80. The molecule has 16 nitrogen and oxygen atoms in total. The number of carbonyl (C=O) groups excluding carboxylic acids is 4. The largest absolute Gasteiger partial charge is 0.493 e. The first-order chi connectivity index (χ1) is 25.1. The number of carbonyl (C=O) groups is 4. The molecule has 52 heavy (non-hydrogen) atoms. The maximum atomic E-state index is 13.0. The molecule has 4 amide bonds. The smallest absolute Gasteiger partial charge is 0.416 e. The average Bonchev–Trinajstić information content (AvgIpc) is 3.84. The Hall–Kier alpha value is -5.48. The van der Waals surface area contributed by atoms with Crippen molar-refractivity contribution in [1.82, 2.24) is 9.80 Å². The molecule has 282 valence electrons. The van der Waals surface area contributed by atoms with E-state index in [1.54, 1.807) is 9.80 Å². The highest BCUT2D eigenvalue weighted by molar-refractivity contribution is 6.06. The van der Waals surface area contributed by atoms with Crippen LogP contribution in [0, 0.1) is 0 Å². The first-order valence-corrected chi connectivity index (χ1v) is 16.6. The van der Waals surface area contributed by atoms with Gasteiger partial charge in [-0.25, -0.2) is 14.5 Å². The lowest BCUT2D eigenvalue weighted by molar-refractivity contribution is 0.0496. The van der Waals surface area contributed by atoms with Gasteiger partial charge in [-0.1, -0.05) is 25.3 Å². The molecule has 3 heterocycles. The van der Waals surface area contributed by atoms with Gasteiger partial charge in [0, 0.05) is 25.2 Å². The molecule has 2 aromatic rings. The Bertz CT molecular complexity index is 1650. The van der Waals surface area contributed by atoms with E-state index in [1.807, 2.05) is 0 Å². The Morgan fingerprint density at radius 1 is 0.865 bits per heavy atom. The lowest BCUT2D eigenvalue weighted by atomic mass is 10.1. The summed E-state index contributed by atoms with van der Waals surface area (Å²) < 4.78 is 31.1. The molecule has 0 aliphatic carbocycles. The molecule has 2 aromatic carbocycles. The van der Waals surface area contributed by atoms with Crippen molar-refractivity contribution >= 4 is 35.4 Å². The van der Waals surface area contributed by atoms with Crippen LogP contribution in [0.2, 0.25) is 0 Å². The van der Waals surface area contributed by atoms with Crippen molar-refractivity contribution < 1.29 is 57.8 Å². The van der Waals surface area contributed by atoms with Crippen LogP contribution in [0.25, 0.3) is 0 Å². The highest BCUT2D eigenvalue weighted by atomic mass is 16.6. The highest BCUT2D eigenvalue weighted by Crippen LogP contribution is 2.41. The number of aliphatic hydroxyl groups is 2. The topological polar surface area (TPSA) is 186 Å². The molecule has 5 rings (SSSR count). The molecule has 0 spiro atoms. The number of hydrogen-bond donors (Lipinski definition) is 3. The van der Waals surface area contributed by atoms with Crippen molar-refractivity contribution in [3.8, 4) is 23.0 Å². The van der Waals surface area contributed by atoms with Crippen molar-refractivity contribution in [3.05, 3.63) is 60.7 Å². The van der Waals surface area contributed by atoms with Crippen LogP contribution in [0.4, 0.5) is 21.0 Å². The number of nitrogens with zero attached hydrogens (tertiary/aromatic N) is 3. The number of anilines is 2. The van der Waals surface area contributed by atoms with Crippen LogP contribution in [0.3, 0.4) is 0 Å². The first-order valence-electron chi connectivity index (χ1n) is 16.6. The van der Waals surface area contributed by atoms with E-state index in [9.17, 15) is 29.4 Å². The van der Waals surface area contributed by atoms with Crippen molar-refractivity contribution in [2.24, 2.45) is 0 Å². The van der Waals surface area contributed by atoms with Gasteiger partial charge in [-0.15, -0.1) is 0 Å². The fraction of sp³-hybridized carbons (Fsp3) is 0.444. The van der Waals surface area contributed by atoms with Gasteiger partial charge in [0.2, 0.25) is 0 Å². The first kappa shape index (κ1) is 39.3. The van der Waals surface area contributed by atoms with Gasteiger partial charge in [0.05, 0.1) is 69.6 Å². The molecule has 3 aliphatic rings. The number of nitrogens with one attached hydrogen (secondary N) is 1. The molecule has 0 aromatic heterocycles. The van der Waals surface area contributed by atoms with Crippen LogP contribution < -0.4 is 29.2 Å². The Labute approximate surface area is 302 Å². The number of hydrogen-bond acceptors (Lipinski definition) is 12. The van der Waals surface area contributed by atoms with E-state index in [1.165, 1.54) is 64.9 Å². The van der Waals surface area contributed by atoms with Gasteiger partial charge < -0.3 is 48.4 Å². The summed E-state index contributed by atoms with van der Waals surface area (Å²) in [6.45, 7) is 7.98. The summed E-state index contributed by atoms with van der Waals surface area (Å²) in [6.07, 6.45) is 3.08. The molecule has 0 unspecified atom stereocenters. The van der Waals surface area contributed by atoms with E-state index in [0.29, 0.717) is 42.5 Å². The summed E-state index contributed by atoms with van der Waals surface area (Å²) in [5.41, 5.74) is 0.953. The molecule has 2 fully saturated rings. The zero-order valence-electron chi connectivity index (χ0n) is 29.8. The van der Waals surface area contributed by atoms with Crippen LogP contribution in [-0.4, -0.2) is 124 Å². The molecule has 3 N–H and O–H groups in total. The second-order valence-electron chi connectivity index (χ2n) is 11.8. The van der Waals surface area contributed by atoms with Crippen molar-refractivity contribution in [1.29, 1.82) is 0 Å². The normalized spacial score (nSPS) is 18.8. The SMILES string of the molecule is C=CCOC(=O)N1c2cc(OC)c(OC)cc2C(=O)N2CCC[C@H]2[C@@H]1O.C=CCOC(=O)Nc1cc(OC)c(OC)cc1C(=O)N1CCC[C@H]1CO. The summed E-state index contributed by atoms with van der Waals surface area (Å²) in [5, 5.41) is 22.9. The second-order valence-corrected chi connectivity index (χ2v) is 11.8. The Morgan fingerprint density at radius 3 is 2.10 bits per heavy atom. The van der Waals surface area contributed by atoms with Gasteiger partial charge in [0.15, 0.2) is 29.2 Å². The van der Waals surface area contributed by atoms with Gasteiger partial charge in [-0.3, -0.25) is 14.9 Å². The lowest BCUT2D eigenvalue weighted by Crippen LogP contribution is -2.50. The second kappa shape index (κ2) is 18.1. The van der Waals surface area contributed by atoms with Crippen LogP contribution in [0.15, 0.2) is 49.6 Å². The van der Waals surface area contributed by atoms with E-state index >= 15 is 0 Å². The number of methoxy groups -OCH3 is 4. The van der Waals surface area contributed by atoms with Crippen molar-refractivity contribution in [2.75, 3.05) is 71.6 Å². The molecule has 3 aliphatic heterocycles. The maximum Gasteiger partial charge on any atom is 0.416 e. The zero-order chi connectivity index (χ0) is 37.9. The minimum Gasteiger partial charge on any atom is -0.493 e. The number of rotatable bonds is 11. The monoisotopic (exact) mass is 726 g/mol. The van der Waals surface area contributed by atoms with Gasteiger partial charge in [0.1, 0.15) is 13.2 Å². The zero-order valence-corrected chi connectivity index (χ0v) is 29.8. The summed E-state index contributed by atoms with van der Waals surface area (Å²) in [7, 11) is 5.85. The van der Waals surface area contributed by atoms with Gasteiger partial charge in [-0.05, 0) is 37.8 Å². The summed E-state index contributed by atoms with van der Waals surface area (Å²) in [6, 6.07) is 5.31. The average molecular weight is 727 g/mol. The van der Waals surface area contributed by atoms with Gasteiger partial charge >= 0.3 is 12.2 Å². The van der Waals surface area contributed by atoms with E-state index in [0.717, 1.165) is 24.2 Å². The third kappa shape index (κ3) is 8.35.